The second-order valence-electron chi connectivity index (χ2n) is 13.9. The third-order valence-electron chi connectivity index (χ3n) is 10.8. The molecule has 0 aliphatic carbocycles. The van der Waals surface area contributed by atoms with E-state index in [0.29, 0.717) is 25.0 Å². The van der Waals surface area contributed by atoms with Crippen molar-refractivity contribution in [2.45, 2.75) is 56.2 Å². The number of ether oxygens (including phenoxy) is 1. The molecule has 4 aromatic rings. The van der Waals surface area contributed by atoms with Gasteiger partial charge in [-0.2, -0.15) is 9.97 Å². The molecule has 0 spiro atoms. The van der Waals surface area contributed by atoms with E-state index in [2.05, 4.69) is 22.4 Å². The molecule has 3 aromatic carbocycles. The molecule has 50 heavy (non-hydrogen) atoms. The summed E-state index contributed by atoms with van der Waals surface area (Å²) in [4.78, 5) is 27.8. The summed E-state index contributed by atoms with van der Waals surface area (Å²) in [5, 5.41) is 22.7. The Morgan fingerprint density at radius 1 is 1.20 bits per heavy atom. The first-order chi connectivity index (χ1) is 23.9. The van der Waals surface area contributed by atoms with Gasteiger partial charge in [-0.25, -0.2) is 8.78 Å². The van der Waals surface area contributed by atoms with Crippen LogP contribution in [0.3, 0.4) is 0 Å². The zero-order chi connectivity index (χ0) is 35.5. The highest BCUT2D eigenvalue weighted by molar-refractivity contribution is 6.35. The molecule has 2 N–H and O–H groups in total. The van der Waals surface area contributed by atoms with Crippen LogP contribution in [-0.4, -0.2) is 92.9 Å². The minimum absolute atomic E-state index is 0.0482. The SMILES string of the molecule is C#Cc1c(F)ccc2cc(O)cc(-c3c(Cl)cc4c(N(C)C[C@H]5N(C(=O)C=C)CCC5(C)O)nc(OCC56CCCN5CCC6)nc4c3F)c12. The number of likely N-dealkylation sites (tertiary alicyclic amines) is 1. The first-order valence-electron chi connectivity index (χ1n) is 16.7. The van der Waals surface area contributed by atoms with Gasteiger partial charge in [-0.1, -0.05) is 30.2 Å². The van der Waals surface area contributed by atoms with Gasteiger partial charge in [0.15, 0.2) is 5.82 Å². The summed E-state index contributed by atoms with van der Waals surface area (Å²) in [6, 6.07) is 6.20. The quantitative estimate of drug-likeness (QED) is 0.169. The van der Waals surface area contributed by atoms with E-state index in [0.717, 1.165) is 38.8 Å². The second kappa shape index (κ2) is 12.7. The fourth-order valence-electron chi connectivity index (χ4n) is 8.21. The smallest absolute Gasteiger partial charge is 0.319 e. The Labute approximate surface area is 294 Å². The Balaban J connectivity index is 1.39. The second-order valence-corrected chi connectivity index (χ2v) is 14.3. The number of phenols is 1. The fourth-order valence-corrected chi connectivity index (χ4v) is 8.51. The minimum Gasteiger partial charge on any atom is -0.508 e. The molecule has 1 aromatic heterocycles. The summed E-state index contributed by atoms with van der Waals surface area (Å²) in [5.74, 6) is 0.616. The number of likely N-dealkylation sites (N-methyl/N-ethyl adjacent to an activating group) is 1. The Morgan fingerprint density at radius 3 is 2.64 bits per heavy atom. The Kier molecular flexibility index (Phi) is 8.61. The van der Waals surface area contributed by atoms with E-state index in [-0.39, 0.29) is 73.6 Å². The van der Waals surface area contributed by atoms with Gasteiger partial charge in [0.25, 0.3) is 0 Å². The van der Waals surface area contributed by atoms with Crippen molar-refractivity contribution >= 4 is 45.0 Å². The van der Waals surface area contributed by atoms with Gasteiger partial charge in [-0.15, -0.1) is 6.42 Å². The molecular weight excluding hydrogens is 664 g/mol. The first-order valence-corrected chi connectivity index (χ1v) is 17.1. The zero-order valence-corrected chi connectivity index (χ0v) is 28.7. The van der Waals surface area contributed by atoms with Crippen LogP contribution in [0.25, 0.3) is 32.8 Å². The van der Waals surface area contributed by atoms with E-state index in [1.807, 2.05) is 0 Å². The topological polar surface area (TPSA) is 102 Å². The average Bonchev–Trinajstić information content (AvgIpc) is 3.75. The number of halogens is 3. The molecule has 3 fully saturated rings. The number of benzene rings is 3. The van der Waals surface area contributed by atoms with Gasteiger partial charge < -0.3 is 24.7 Å². The Morgan fingerprint density at radius 2 is 1.94 bits per heavy atom. The molecule has 9 nitrogen and oxygen atoms in total. The van der Waals surface area contributed by atoms with Crippen molar-refractivity contribution in [2.75, 3.05) is 44.7 Å². The number of rotatable bonds is 8. The fraction of sp³-hybridized carbons (Fsp3) is 0.395. The summed E-state index contributed by atoms with van der Waals surface area (Å²) in [5.41, 5.74) is -1.59. The van der Waals surface area contributed by atoms with Gasteiger partial charge in [0, 0.05) is 36.5 Å². The van der Waals surface area contributed by atoms with E-state index in [1.165, 1.54) is 36.4 Å². The Hall–Kier alpha value is -4.50. The number of hydrogen-bond donors (Lipinski definition) is 2. The lowest BCUT2D eigenvalue weighted by atomic mass is 9.93. The van der Waals surface area contributed by atoms with Crippen LogP contribution in [0, 0.1) is 24.0 Å². The van der Waals surface area contributed by atoms with Crippen LogP contribution in [0.4, 0.5) is 14.6 Å². The van der Waals surface area contributed by atoms with E-state index in [4.69, 9.17) is 27.7 Å². The highest BCUT2D eigenvalue weighted by Crippen LogP contribution is 2.44. The van der Waals surface area contributed by atoms with E-state index in [9.17, 15) is 19.4 Å². The van der Waals surface area contributed by atoms with Gasteiger partial charge in [-0.05, 0) is 93.4 Å². The van der Waals surface area contributed by atoms with Crippen molar-refractivity contribution in [1.29, 1.82) is 0 Å². The number of phenolic OH excluding ortho intramolecular Hbond substituents is 1. The average molecular weight is 702 g/mol. The molecule has 3 aliphatic heterocycles. The molecule has 3 aliphatic rings. The third-order valence-corrected chi connectivity index (χ3v) is 11.1. The number of aliphatic hydroxyl groups is 1. The highest BCUT2D eigenvalue weighted by atomic mass is 35.5. The standard InChI is InChI=1S/C38H38ClF2N5O4/c1-5-24-28(40)10-9-22-17-23(47)18-25(31(22)24)32-27(39)19-26-34(33(32)41)42-36(50-21-38-11-7-14-45(38)15-8-12-38)43-35(26)44(4)20-29-37(3,49)13-16-46(29)30(48)6-2/h1,6,9-10,17-19,29,47,49H,2,7-8,11-16,20-21H2,3-4H3/t29-,37?/m1/s1. The number of hydrogen-bond acceptors (Lipinski definition) is 8. The lowest BCUT2D eigenvalue weighted by Gasteiger charge is -2.35. The first kappa shape index (κ1) is 34.0. The summed E-state index contributed by atoms with van der Waals surface area (Å²) in [6.07, 6.45) is 11.4. The van der Waals surface area contributed by atoms with Crippen LogP contribution >= 0.6 is 11.6 Å². The summed E-state index contributed by atoms with van der Waals surface area (Å²) in [7, 11) is 1.73. The molecule has 1 unspecified atom stereocenters. The predicted molar refractivity (Wildman–Crippen MR) is 189 cm³/mol. The predicted octanol–water partition coefficient (Wildman–Crippen LogP) is 6.05. The highest BCUT2D eigenvalue weighted by Gasteiger charge is 2.46. The van der Waals surface area contributed by atoms with Crippen LogP contribution in [0.15, 0.2) is 43.0 Å². The van der Waals surface area contributed by atoms with Gasteiger partial charge >= 0.3 is 6.01 Å². The van der Waals surface area contributed by atoms with Crippen molar-refractivity contribution in [3.63, 3.8) is 0 Å². The number of amides is 1. The third kappa shape index (κ3) is 5.60. The van der Waals surface area contributed by atoms with E-state index >= 15 is 4.39 Å². The number of fused-ring (bicyclic) bond motifs is 3. The molecule has 2 atom stereocenters. The molecular formula is C38H38ClF2N5O4. The molecule has 7 rings (SSSR count). The largest absolute Gasteiger partial charge is 0.508 e. The van der Waals surface area contributed by atoms with Gasteiger partial charge in [0.2, 0.25) is 5.91 Å². The molecule has 260 valence electrons. The molecule has 0 saturated carbocycles. The molecule has 3 saturated heterocycles. The maximum absolute atomic E-state index is 17.1. The summed E-state index contributed by atoms with van der Waals surface area (Å²) >= 11 is 6.87. The minimum atomic E-state index is -1.21. The lowest BCUT2D eigenvalue weighted by molar-refractivity contribution is -0.128. The summed E-state index contributed by atoms with van der Waals surface area (Å²) < 4.78 is 38.4. The number of aromatic nitrogens is 2. The molecule has 12 heteroatoms. The van der Waals surface area contributed by atoms with Crippen molar-refractivity contribution in [2.24, 2.45) is 0 Å². The van der Waals surface area contributed by atoms with Crippen molar-refractivity contribution in [3.05, 3.63) is 65.2 Å². The van der Waals surface area contributed by atoms with Crippen LogP contribution in [0.1, 0.15) is 44.6 Å². The van der Waals surface area contributed by atoms with E-state index in [1.54, 1.807) is 23.8 Å². The molecule has 0 radical (unpaired) electrons. The number of carbonyl (C=O) groups excluding carboxylic acids is 1. The van der Waals surface area contributed by atoms with Crippen LogP contribution in [0.5, 0.6) is 11.8 Å². The van der Waals surface area contributed by atoms with E-state index < -0.39 is 23.3 Å². The maximum Gasteiger partial charge on any atom is 0.319 e. The molecule has 0 bridgehead atoms. The maximum atomic E-state index is 17.1. The number of anilines is 1. The monoisotopic (exact) mass is 701 g/mol. The lowest BCUT2D eigenvalue weighted by Crippen LogP contribution is -2.51. The van der Waals surface area contributed by atoms with Gasteiger partial charge in [0.1, 0.15) is 29.5 Å². The summed E-state index contributed by atoms with van der Waals surface area (Å²) in [6.45, 7) is 8.08. The normalized spacial score (nSPS) is 21.5. The number of terminal acetylenes is 1. The number of aromatic hydroxyl groups is 1. The van der Waals surface area contributed by atoms with Gasteiger partial charge in [-0.3, -0.25) is 9.69 Å². The molecule has 4 heterocycles. The van der Waals surface area contributed by atoms with Crippen LogP contribution in [0.2, 0.25) is 5.02 Å². The Bertz CT molecular complexity index is 2090. The van der Waals surface area contributed by atoms with Gasteiger partial charge in [0.05, 0.1) is 27.8 Å². The van der Waals surface area contributed by atoms with Crippen LogP contribution in [-0.2, 0) is 4.79 Å². The van der Waals surface area contributed by atoms with Crippen molar-refractivity contribution in [1.82, 2.24) is 19.8 Å². The van der Waals surface area contributed by atoms with Crippen LogP contribution < -0.4 is 9.64 Å². The molecule has 1 amide bonds. The van der Waals surface area contributed by atoms with Crippen molar-refractivity contribution < 1.29 is 28.5 Å². The number of nitrogens with zero attached hydrogens (tertiary/aromatic N) is 5. The number of carbonyl (C=O) groups is 1. The van der Waals surface area contributed by atoms with Crippen molar-refractivity contribution in [3.8, 4) is 35.2 Å². The zero-order valence-electron chi connectivity index (χ0n) is 28.0.